The number of guanidine groups is 1. The highest BCUT2D eigenvalue weighted by Crippen LogP contribution is 2.43. The van der Waals surface area contributed by atoms with E-state index in [9.17, 15) is 0 Å². The molecule has 7 heteroatoms. The maximum atomic E-state index is 5.28. The van der Waals surface area contributed by atoms with Gasteiger partial charge in [0.25, 0.3) is 0 Å². The standard InChI is InChI=1S/C18H37N5O.HI/c1-16(23-11-9-22(3)10-12-23)14-20-17(19-2)21-15-18(6-5-7-18)8-13-24-4;/h16H,5-15H2,1-4H3,(H2,19,20,21);1H. The predicted molar refractivity (Wildman–Crippen MR) is 116 cm³/mol. The van der Waals surface area contributed by atoms with Gasteiger partial charge in [-0.3, -0.25) is 9.89 Å². The highest BCUT2D eigenvalue weighted by atomic mass is 127. The van der Waals surface area contributed by atoms with Crippen molar-refractivity contribution in [2.45, 2.75) is 38.6 Å². The molecule has 1 unspecified atom stereocenters. The van der Waals surface area contributed by atoms with Gasteiger partial charge in [0.1, 0.15) is 0 Å². The van der Waals surface area contributed by atoms with Crippen LogP contribution in [-0.4, -0.2) is 88.9 Å². The molecule has 0 aromatic rings. The number of methoxy groups -OCH3 is 1. The molecule has 0 radical (unpaired) electrons. The third-order valence-corrected chi connectivity index (χ3v) is 5.83. The number of nitrogens with zero attached hydrogens (tertiary/aromatic N) is 3. The number of likely N-dealkylation sites (N-methyl/N-ethyl adjacent to an activating group) is 1. The molecule has 0 bridgehead atoms. The van der Waals surface area contributed by atoms with E-state index in [1.165, 1.54) is 32.4 Å². The molecule has 2 fully saturated rings. The molecule has 2 aliphatic rings. The summed E-state index contributed by atoms with van der Waals surface area (Å²) < 4.78 is 5.28. The van der Waals surface area contributed by atoms with Crippen molar-refractivity contribution in [1.29, 1.82) is 0 Å². The molecule has 1 heterocycles. The topological polar surface area (TPSA) is 52.1 Å². The van der Waals surface area contributed by atoms with E-state index in [4.69, 9.17) is 4.74 Å². The molecular weight excluding hydrogens is 429 g/mol. The Morgan fingerprint density at radius 1 is 1.20 bits per heavy atom. The molecule has 1 saturated carbocycles. The van der Waals surface area contributed by atoms with Crippen LogP contribution in [0.5, 0.6) is 0 Å². The monoisotopic (exact) mass is 467 g/mol. The molecule has 148 valence electrons. The minimum atomic E-state index is 0. The summed E-state index contributed by atoms with van der Waals surface area (Å²) in [6.07, 6.45) is 5.10. The highest BCUT2D eigenvalue weighted by Gasteiger charge is 2.36. The van der Waals surface area contributed by atoms with Crippen LogP contribution in [0, 0.1) is 5.41 Å². The molecule has 0 aromatic heterocycles. The molecular formula is C18H38IN5O. The quantitative estimate of drug-likeness (QED) is 0.323. The van der Waals surface area contributed by atoms with Crippen molar-refractivity contribution in [3.63, 3.8) is 0 Å². The SMILES string of the molecule is CN=C(NCC(C)N1CCN(C)CC1)NCC1(CCOC)CCC1.I. The minimum Gasteiger partial charge on any atom is -0.385 e. The van der Waals surface area contributed by atoms with Gasteiger partial charge >= 0.3 is 0 Å². The molecule has 25 heavy (non-hydrogen) atoms. The van der Waals surface area contributed by atoms with Gasteiger partial charge in [-0.1, -0.05) is 6.42 Å². The largest absolute Gasteiger partial charge is 0.385 e. The molecule has 0 amide bonds. The van der Waals surface area contributed by atoms with Gasteiger partial charge in [-0.2, -0.15) is 0 Å². The third kappa shape index (κ3) is 7.19. The van der Waals surface area contributed by atoms with Crippen LogP contribution in [0.1, 0.15) is 32.6 Å². The van der Waals surface area contributed by atoms with Gasteiger partial charge in [0.15, 0.2) is 5.96 Å². The third-order valence-electron chi connectivity index (χ3n) is 5.83. The number of rotatable bonds is 8. The highest BCUT2D eigenvalue weighted by molar-refractivity contribution is 14.0. The fourth-order valence-electron chi connectivity index (χ4n) is 3.64. The van der Waals surface area contributed by atoms with E-state index in [1.807, 2.05) is 7.05 Å². The normalized spacial score (nSPS) is 22.6. The smallest absolute Gasteiger partial charge is 0.191 e. The van der Waals surface area contributed by atoms with Crippen molar-refractivity contribution in [2.75, 3.05) is 67.1 Å². The van der Waals surface area contributed by atoms with Gasteiger partial charge in [0, 0.05) is 66.1 Å². The first-order chi connectivity index (χ1) is 11.6. The van der Waals surface area contributed by atoms with Gasteiger partial charge in [-0.15, -0.1) is 24.0 Å². The summed E-state index contributed by atoms with van der Waals surface area (Å²) in [6.45, 7) is 9.74. The average molecular weight is 467 g/mol. The lowest BCUT2D eigenvalue weighted by Crippen LogP contribution is -2.53. The molecule has 1 atom stereocenters. The average Bonchev–Trinajstić information content (AvgIpc) is 2.56. The molecule has 2 rings (SSSR count). The summed E-state index contributed by atoms with van der Waals surface area (Å²) >= 11 is 0. The Balaban J connectivity index is 0.00000312. The number of hydrogen-bond donors (Lipinski definition) is 2. The minimum absolute atomic E-state index is 0. The Labute approximate surface area is 171 Å². The molecule has 6 nitrogen and oxygen atoms in total. The lowest BCUT2D eigenvalue weighted by molar-refractivity contribution is 0.0732. The number of ether oxygens (including phenoxy) is 1. The maximum Gasteiger partial charge on any atom is 0.191 e. The first-order valence-electron chi connectivity index (χ1n) is 9.44. The van der Waals surface area contributed by atoms with Crippen LogP contribution in [0.4, 0.5) is 0 Å². The molecule has 1 saturated heterocycles. The van der Waals surface area contributed by atoms with Gasteiger partial charge in [0.2, 0.25) is 0 Å². The van der Waals surface area contributed by atoms with Crippen molar-refractivity contribution in [3.8, 4) is 0 Å². The van der Waals surface area contributed by atoms with Crippen molar-refractivity contribution in [1.82, 2.24) is 20.4 Å². The Bertz CT molecular complexity index is 395. The van der Waals surface area contributed by atoms with E-state index in [2.05, 4.69) is 39.4 Å². The molecule has 2 N–H and O–H groups in total. The summed E-state index contributed by atoms with van der Waals surface area (Å²) in [5.41, 5.74) is 0.413. The predicted octanol–water partition coefficient (Wildman–Crippen LogP) is 1.61. The van der Waals surface area contributed by atoms with E-state index in [1.54, 1.807) is 7.11 Å². The fourth-order valence-corrected chi connectivity index (χ4v) is 3.64. The number of aliphatic imine (C=N–C) groups is 1. The summed E-state index contributed by atoms with van der Waals surface area (Å²) in [6, 6.07) is 0.531. The van der Waals surface area contributed by atoms with Crippen LogP contribution < -0.4 is 10.6 Å². The second-order valence-corrected chi connectivity index (χ2v) is 7.59. The summed E-state index contributed by atoms with van der Waals surface area (Å²) in [5.74, 6) is 0.930. The second kappa shape index (κ2) is 11.6. The molecule has 0 aromatic carbocycles. The first-order valence-corrected chi connectivity index (χ1v) is 9.44. The summed E-state index contributed by atoms with van der Waals surface area (Å²) in [4.78, 5) is 9.36. The van der Waals surface area contributed by atoms with Crippen molar-refractivity contribution in [3.05, 3.63) is 0 Å². The zero-order valence-electron chi connectivity index (χ0n) is 16.5. The van der Waals surface area contributed by atoms with Gasteiger partial charge in [0.05, 0.1) is 0 Å². The van der Waals surface area contributed by atoms with Crippen LogP contribution in [0.3, 0.4) is 0 Å². The zero-order chi connectivity index (χ0) is 17.4. The Morgan fingerprint density at radius 2 is 1.88 bits per heavy atom. The molecule has 0 spiro atoms. The van der Waals surface area contributed by atoms with E-state index in [0.717, 1.165) is 45.2 Å². The van der Waals surface area contributed by atoms with Gasteiger partial charge < -0.3 is 20.3 Å². The number of piperazine rings is 1. The molecule has 1 aliphatic heterocycles. The maximum absolute atomic E-state index is 5.28. The van der Waals surface area contributed by atoms with Crippen LogP contribution in [0.2, 0.25) is 0 Å². The summed E-state index contributed by atoms with van der Waals surface area (Å²) in [5, 5.41) is 7.05. The van der Waals surface area contributed by atoms with Crippen molar-refractivity contribution in [2.24, 2.45) is 10.4 Å². The Morgan fingerprint density at radius 3 is 2.40 bits per heavy atom. The number of nitrogens with one attached hydrogen (secondary N) is 2. The molecule has 1 aliphatic carbocycles. The van der Waals surface area contributed by atoms with Crippen LogP contribution >= 0.6 is 24.0 Å². The van der Waals surface area contributed by atoms with E-state index in [0.29, 0.717) is 11.5 Å². The van der Waals surface area contributed by atoms with E-state index in [-0.39, 0.29) is 24.0 Å². The first kappa shape index (κ1) is 22.9. The van der Waals surface area contributed by atoms with Crippen molar-refractivity contribution < 1.29 is 4.74 Å². The fraction of sp³-hybridized carbons (Fsp3) is 0.944. The van der Waals surface area contributed by atoms with E-state index < -0.39 is 0 Å². The van der Waals surface area contributed by atoms with Gasteiger partial charge in [-0.05, 0) is 38.6 Å². The lowest BCUT2D eigenvalue weighted by Gasteiger charge is -2.42. The summed E-state index contributed by atoms with van der Waals surface area (Å²) in [7, 11) is 5.85. The Hall–Kier alpha value is -0.120. The zero-order valence-corrected chi connectivity index (χ0v) is 18.8. The number of hydrogen-bond acceptors (Lipinski definition) is 4. The van der Waals surface area contributed by atoms with E-state index >= 15 is 0 Å². The van der Waals surface area contributed by atoms with Crippen LogP contribution in [0.25, 0.3) is 0 Å². The van der Waals surface area contributed by atoms with Gasteiger partial charge in [-0.25, -0.2) is 0 Å². The Kier molecular flexibility index (Phi) is 10.6. The number of halogens is 1. The van der Waals surface area contributed by atoms with Crippen LogP contribution in [0.15, 0.2) is 4.99 Å². The van der Waals surface area contributed by atoms with Crippen molar-refractivity contribution >= 4 is 29.9 Å². The van der Waals surface area contributed by atoms with Crippen LogP contribution in [-0.2, 0) is 4.74 Å². The second-order valence-electron chi connectivity index (χ2n) is 7.59. The lowest BCUT2D eigenvalue weighted by atomic mass is 9.67.